The molecule has 0 amide bonds. The lowest BCUT2D eigenvalue weighted by molar-refractivity contribution is -0.575. The van der Waals surface area contributed by atoms with Gasteiger partial charge in [-0.1, -0.05) is 42.5 Å². The predicted octanol–water partition coefficient (Wildman–Crippen LogP) is 5.53. The van der Waals surface area contributed by atoms with Gasteiger partial charge in [0, 0.05) is 23.4 Å². The molecule has 0 radical (unpaired) electrons. The van der Waals surface area contributed by atoms with E-state index in [1.165, 1.54) is 5.56 Å². The highest BCUT2D eigenvalue weighted by Crippen LogP contribution is 2.23. The van der Waals surface area contributed by atoms with Crippen LogP contribution in [0.2, 0.25) is 0 Å². The summed E-state index contributed by atoms with van der Waals surface area (Å²) < 4.78 is 1.84. The van der Waals surface area contributed by atoms with Gasteiger partial charge in [-0.2, -0.15) is 4.57 Å². The van der Waals surface area contributed by atoms with Gasteiger partial charge in [0.25, 0.3) is 5.70 Å². The summed E-state index contributed by atoms with van der Waals surface area (Å²) >= 11 is 5.73. The predicted molar refractivity (Wildman–Crippen MR) is 120 cm³/mol. The molecular formula is C24H25N2OS+. The van der Waals surface area contributed by atoms with E-state index in [1.807, 2.05) is 74.1 Å². The molecule has 3 rings (SSSR count). The van der Waals surface area contributed by atoms with Crippen LogP contribution in [0, 0.1) is 27.7 Å². The molecule has 2 N–H and O–H groups in total. The minimum atomic E-state index is 0.141. The van der Waals surface area contributed by atoms with Gasteiger partial charge >= 0.3 is 0 Å². The topological polar surface area (TPSA) is 36.1 Å². The molecule has 0 aliphatic rings. The Hall–Kier alpha value is -2.98. The Bertz CT molecular complexity index is 1060. The number of thiocarbonyl (C=S) groups is 1. The van der Waals surface area contributed by atoms with E-state index in [1.54, 1.807) is 0 Å². The van der Waals surface area contributed by atoms with E-state index in [0.29, 0.717) is 10.7 Å². The van der Waals surface area contributed by atoms with Crippen LogP contribution in [-0.4, -0.2) is 10.1 Å². The standard InChI is InChI=1S/C24H24N2OS/c1-16-8-9-18(3)21(14-16)25-24(28)22(26-12-6-5-7-13-26)23(27)20-11-10-17(2)19(4)15-20/h5-15H,1-4H3,(H-,25,27,28)/p+1. The molecular weight excluding hydrogens is 364 g/mol. The number of benzene rings is 2. The maximum Gasteiger partial charge on any atom is 0.288 e. The first kappa shape index (κ1) is 19.8. The molecule has 2 aromatic carbocycles. The summed E-state index contributed by atoms with van der Waals surface area (Å²) in [5.41, 5.74) is 6.76. The zero-order valence-electron chi connectivity index (χ0n) is 16.7. The highest BCUT2D eigenvalue weighted by atomic mass is 32.1. The Balaban J connectivity index is 2.10. The van der Waals surface area contributed by atoms with E-state index in [2.05, 4.69) is 30.4 Å². The molecule has 28 heavy (non-hydrogen) atoms. The van der Waals surface area contributed by atoms with Crippen molar-refractivity contribution in [1.29, 1.82) is 0 Å². The number of aromatic nitrogens is 1. The molecule has 0 saturated carbocycles. The van der Waals surface area contributed by atoms with E-state index in [9.17, 15) is 5.11 Å². The summed E-state index contributed by atoms with van der Waals surface area (Å²) in [4.78, 5) is 0.459. The van der Waals surface area contributed by atoms with Crippen molar-refractivity contribution >= 4 is 34.3 Å². The first-order valence-electron chi connectivity index (χ1n) is 9.23. The number of anilines is 1. The number of aliphatic hydroxyl groups excluding tert-OH is 1. The van der Waals surface area contributed by atoms with Crippen molar-refractivity contribution in [2.24, 2.45) is 0 Å². The van der Waals surface area contributed by atoms with Crippen molar-refractivity contribution in [3.8, 4) is 0 Å². The Kier molecular flexibility index (Phi) is 5.90. The molecule has 0 bridgehead atoms. The van der Waals surface area contributed by atoms with Gasteiger partial charge in [0.2, 0.25) is 0 Å². The number of hydrogen-bond donors (Lipinski definition) is 2. The maximum absolute atomic E-state index is 11.2. The van der Waals surface area contributed by atoms with Crippen LogP contribution >= 0.6 is 12.2 Å². The second-order valence-corrected chi connectivity index (χ2v) is 7.46. The lowest BCUT2D eigenvalue weighted by Gasteiger charge is -2.13. The van der Waals surface area contributed by atoms with Gasteiger partial charge in [-0.25, -0.2) is 0 Å². The molecule has 0 aliphatic carbocycles. The van der Waals surface area contributed by atoms with E-state index in [0.717, 1.165) is 27.9 Å². The average molecular weight is 390 g/mol. The third-order valence-corrected chi connectivity index (χ3v) is 5.13. The molecule has 3 aromatic rings. The Labute approximate surface area is 172 Å². The summed E-state index contributed by atoms with van der Waals surface area (Å²) in [5, 5.41) is 14.5. The van der Waals surface area contributed by atoms with Crippen molar-refractivity contribution < 1.29 is 9.67 Å². The zero-order chi connectivity index (χ0) is 20.3. The van der Waals surface area contributed by atoms with E-state index in [4.69, 9.17) is 12.2 Å². The van der Waals surface area contributed by atoms with Crippen molar-refractivity contribution in [1.82, 2.24) is 0 Å². The minimum Gasteiger partial charge on any atom is -0.502 e. The second kappa shape index (κ2) is 8.36. The highest BCUT2D eigenvalue weighted by molar-refractivity contribution is 7.81. The number of aliphatic hydroxyl groups is 1. The summed E-state index contributed by atoms with van der Waals surface area (Å²) in [6.07, 6.45) is 3.76. The molecule has 0 aliphatic heterocycles. The van der Waals surface area contributed by atoms with Crippen LogP contribution in [0.15, 0.2) is 67.0 Å². The fourth-order valence-electron chi connectivity index (χ4n) is 2.97. The van der Waals surface area contributed by atoms with E-state index in [-0.39, 0.29) is 5.76 Å². The molecule has 4 heteroatoms. The lowest BCUT2D eigenvalue weighted by Crippen LogP contribution is -2.38. The maximum atomic E-state index is 11.2. The van der Waals surface area contributed by atoms with Crippen molar-refractivity contribution in [2.75, 3.05) is 5.32 Å². The molecule has 1 aromatic heterocycles. The van der Waals surface area contributed by atoms with Gasteiger partial charge in [0.05, 0.1) is 0 Å². The van der Waals surface area contributed by atoms with Crippen LogP contribution in [0.1, 0.15) is 27.8 Å². The average Bonchev–Trinajstić information content (AvgIpc) is 2.68. The normalized spacial score (nSPS) is 11.7. The molecule has 1 heterocycles. The third-order valence-electron chi connectivity index (χ3n) is 4.83. The van der Waals surface area contributed by atoms with Crippen LogP contribution in [0.3, 0.4) is 0 Å². The van der Waals surface area contributed by atoms with E-state index < -0.39 is 0 Å². The van der Waals surface area contributed by atoms with Gasteiger partial charge in [-0.05, 0) is 62.1 Å². The monoisotopic (exact) mass is 389 g/mol. The van der Waals surface area contributed by atoms with Crippen molar-refractivity contribution in [3.63, 3.8) is 0 Å². The molecule has 0 saturated heterocycles. The second-order valence-electron chi connectivity index (χ2n) is 7.05. The van der Waals surface area contributed by atoms with Gasteiger partial charge in [-0.3, -0.25) is 0 Å². The third kappa shape index (κ3) is 4.29. The van der Waals surface area contributed by atoms with Gasteiger partial charge in [-0.15, -0.1) is 0 Å². The molecule has 0 unspecified atom stereocenters. The molecule has 0 fully saturated rings. The Morgan fingerprint density at radius 3 is 2.21 bits per heavy atom. The number of nitrogens with zero attached hydrogens (tertiary/aromatic N) is 1. The smallest absolute Gasteiger partial charge is 0.288 e. The van der Waals surface area contributed by atoms with Crippen LogP contribution in [0.25, 0.3) is 11.5 Å². The van der Waals surface area contributed by atoms with E-state index >= 15 is 0 Å². The first-order chi connectivity index (χ1) is 13.4. The number of pyridine rings is 1. The highest BCUT2D eigenvalue weighted by Gasteiger charge is 2.24. The number of rotatable bonds is 4. The zero-order valence-corrected chi connectivity index (χ0v) is 17.5. The van der Waals surface area contributed by atoms with Crippen molar-refractivity contribution in [2.45, 2.75) is 27.7 Å². The summed E-state index contributed by atoms with van der Waals surface area (Å²) in [5.74, 6) is 0.141. The minimum absolute atomic E-state index is 0.141. The van der Waals surface area contributed by atoms with Crippen LogP contribution in [0.5, 0.6) is 0 Å². The molecule has 0 atom stereocenters. The van der Waals surface area contributed by atoms with Crippen LogP contribution < -0.4 is 9.88 Å². The fourth-order valence-corrected chi connectivity index (χ4v) is 3.28. The fraction of sp³-hybridized carbons (Fsp3) is 0.167. The van der Waals surface area contributed by atoms with Gasteiger partial charge < -0.3 is 10.4 Å². The Morgan fingerprint density at radius 2 is 1.54 bits per heavy atom. The number of hydrogen-bond acceptors (Lipinski definition) is 2. The summed E-state index contributed by atoms with van der Waals surface area (Å²) in [6, 6.07) is 17.8. The first-order valence-corrected chi connectivity index (χ1v) is 9.64. The van der Waals surface area contributed by atoms with Crippen molar-refractivity contribution in [3.05, 3.63) is 94.8 Å². The molecule has 3 nitrogen and oxygen atoms in total. The lowest BCUT2D eigenvalue weighted by atomic mass is 10.0. The van der Waals surface area contributed by atoms with Gasteiger partial charge in [0.1, 0.15) is 0 Å². The number of aryl methyl sites for hydroxylation is 4. The largest absolute Gasteiger partial charge is 0.502 e. The summed E-state index contributed by atoms with van der Waals surface area (Å²) in [6.45, 7) is 8.17. The van der Waals surface area contributed by atoms with Crippen LogP contribution in [0.4, 0.5) is 5.69 Å². The van der Waals surface area contributed by atoms with Gasteiger partial charge in [0.15, 0.2) is 23.1 Å². The quantitative estimate of drug-likeness (QED) is 0.266. The summed E-state index contributed by atoms with van der Waals surface area (Å²) in [7, 11) is 0. The SMILES string of the molecule is Cc1ccc(C)c(NC(=S)/C(=C(\O)c2ccc(C)c(C)c2)[n+]2ccccc2)c1. The van der Waals surface area contributed by atoms with Crippen LogP contribution in [-0.2, 0) is 0 Å². The molecule has 0 spiro atoms. The molecule has 142 valence electrons. The Morgan fingerprint density at radius 1 is 0.857 bits per heavy atom. The number of nitrogens with one attached hydrogen (secondary N) is 1.